The van der Waals surface area contributed by atoms with Gasteiger partial charge in [-0.1, -0.05) is 72.3 Å². The summed E-state index contributed by atoms with van der Waals surface area (Å²) < 4.78 is 6.21. The standard InChI is InChI=1S/C30H23ClN2O4/c1-18-11-13-20-7-3-5-9-23(20)25(18)17-37-27-10-6-4-8-21(27)15-24-28(34)32-30(36)33(29(24)35)26-16-22(31)14-12-19(26)2/h3-16H,17H2,1-2H3,(H,32,34,36)/b24-15+. The molecule has 0 bridgehead atoms. The number of halogens is 1. The number of carbonyl (C=O) groups excluding carboxylic acids is 3. The number of imide groups is 2. The molecule has 0 spiro atoms. The van der Waals surface area contributed by atoms with Crippen LogP contribution in [0.3, 0.4) is 0 Å². The van der Waals surface area contributed by atoms with Crippen LogP contribution >= 0.6 is 11.6 Å². The average molecular weight is 511 g/mol. The summed E-state index contributed by atoms with van der Waals surface area (Å²) in [6.45, 7) is 4.09. The molecule has 5 rings (SSSR count). The molecule has 1 saturated heterocycles. The summed E-state index contributed by atoms with van der Waals surface area (Å²) >= 11 is 6.11. The second kappa shape index (κ2) is 9.91. The van der Waals surface area contributed by atoms with Gasteiger partial charge in [0.2, 0.25) is 0 Å². The minimum Gasteiger partial charge on any atom is -0.488 e. The molecule has 0 unspecified atom stereocenters. The number of fused-ring (bicyclic) bond motifs is 1. The normalized spacial score (nSPS) is 14.8. The molecule has 0 saturated carbocycles. The number of hydrogen-bond acceptors (Lipinski definition) is 4. The Bertz CT molecular complexity index is 1610. The first-order valence-electron chi connectivity index (χ1n) is 11.7. The minimum absolute atomic E-state index is 0.184. The van der Waals surface area contributed by atoms with E-state index in [2.05, 4.69) is 29.6 Å². The van der Waals surface area contributed by atoms with Crippen molar-refractivity contribution >= 4 is 52.0 Å². The quantitative estimate of drug-likeness (QED) is 0.250. The molecule has 1 aliphatic rings. The Balaban J connectivity index is 1.49. The van der Waals surface area contributed by atoms with E-state index in [1.165, 1.54) is 12.1 Å². The van der Waals surface area contributed by atoms with E-state index in [4.69, 9.17) is 16.3 Å². The fourth-order valence-electron chi connectivity index (χ4n) is 4.37. The zero-order chi connectivity index (χ0) is 26.1. The van der Waals surface area contributed by atoms with E-state index < -0.39 is 17.8 Å². The number of para-hydroxylation sites is 1. The van der Waals surface area contributed by atoms with Gasteiger partial charge in [-0.15, -0.1) is 0 Å². The lowest BCUT2D eigenvalue weighted by Crippen LogP contribution is -2.54. The summed E-state index contributed by atoms with van der Waals surface area (Å²) in [5, 5.41) is 4.84. The van der Waals surface area contributed by atoms with Crippen molar-refractivity contribution in [3.8, 4) is 5.75 Å². The Morgan fingerprint density at radius 2 is 1.62 bits per heavy atom. The molecule has 0 atom stereocenters. The Kier molecular flexibility index (Phi) is 6.51. The maximum Gasteiger partial charge on any atom is 0.335 e. The van der Waals surface area contributed by atoms with E-state index in [0.717, 1.165) is 26.8 Å². The van der Waals surface area contributed by atoms with Crippen molar-refractivity contribution < 1.29 is 19.1 Å². The van der Waals surface area contributed by atoms with Crippen molar-refractivity contribution in [2.24, 2.45) is 0 Å². The SMILES string of the molecule is Cc1ccc(Cl)cc1N1C(=O)NC(=O)/C(=C\c2ccccc2OCc2c(C)ccc3ccccc23)C1=O. The first-order chi connectivity index (χ1) is 17.8. The van der Waals surface area contributed by atoms with Crippen molar-refractivity contribution in [3.05, 3.63) is 112 Å². The van der Waals surface area contributed by atoms with Crippen LogP contribution in [0.15, 0.2) is 84.4 Å². The van der Waals surface area contributed by atoms with Crippen molar-refractivity contribution in [3.63, 3.8) is 0 Å². The van der Waals surface area contributed by atoms with Gasteiger partial charge in [-0.3, -0.25) is 14.9 Å². The van der Waals surface area contributed by atoms with Gasteiger partial charge in [0.05, 0.1) is 5.69 Å². The fraction of sp³-hybridized carbons (Fsp3) is 0.100. The van der Waals surface area contributed by atoms with Gasteiger partial charge < -0.3 is 4.74 Å². The number of amides is 4. The zero-order valence-corrected chi connectivity index (χ0v) is 21.0. The molecule has 4 aromatic carbocycles. The van der Waals surface area contributed by atoms with Crippen molar-refractivity contribution in [1.29, 1.82) is 0 Å². The molecule has 6 nitrogen and oxygen atoms in total. The molecule has 1 aliphatic heterocycles. The molecule has 37 heavy (non-hydrogen) atoms. The number of carbonyl (C=O) groups is 3. The lowest BCUT2D eigenvalue weighted by molar-refractivity contribution is -0.122. The predicted octanol–water partition coefficient (Wildman–Crippen LogP) is 6.36. The number of nitrogens with zero attached hydrogens (tertiary/aromatic N) is 1. The molecule has 4 amide bonds. The van der Waals surface area contributed by atoms with E-state index in [9.17, 15) is 14.4 Å². The third kappa shape index (κ3) is 4.71. The number of anilines is 1. The number of aryl methyl sites for hydroxylation is 2. The molecule has 184 valence electrons. The average Bonchev–Trinajstić information content (AvgIpc) is 2.88. The van der Waals surface area contributed by atoms with Gasteiger partial charge in [-0.2, -0.15) is 0 Å². The summed E-state index contributed by atoms with van der Waals surface area (Å²) in [4.78, 5) is 39.7. The van der Waals surface area contributed by atoms with Gasteiger partial charge in [0.15, 0.2) is 0 Å². The molecule has 0 aliphatic carbocycles. The first-order valence-corrected chi connectivity index (χ1v) is 12.1. The molecule has 1 fully saturated rings. The molecular formula is C30H23ClN2O4. The van der Waals surface area contributed by atoms with Gasteiger partial charge in [0.25, 0.3) is 11.8 Å². The predicted molar refractivity (Wildman–Crippen MR) is 145 cm³/mol. The second-order valence-electron chi connectivity index (χ2n) is 8.80. The van der Waals surface area contributed by atoms with Crippen LogP contribution in [-0.2, 0) is 16.2 Å². The number of ether oxygens (including phenoxy) is 1. The minimum atomic E-state index is -0.825. The van der Waals surface area contributed by atoms with Crippen LogP contribution in [0.5, 0.6) is 5.75 Å². The lowest BCUT2D eigenvalue weighted by atomic mass is 10.0. The van der Waals surface area contributed by atoms with Crippen LogP contribution in [0.1, 0.15) is 22.3 Å². The van der Waals surface area contributed by atoms with Crippen LogP contribution in [0, 0.1) is 13.8 Å². The number of rotatable bonds is 5. The van der Waals surface area contributed by atoms with Crippen LogP contribution in [-0.4, -0.2) is 17.8 Å². The molecule has 1 heterocycles. The van der Waals surface area contributed by atoms with Gasteiger partial charge in [-0.05, 0) is 60.0 Å². The van der Waals surface area contributed by atoms with E-state index in [-0.39, 0.29) is 5.57 Å². The molecule has 7 heteroatoms. The van der Waals surface area contributed by atoms with Gasteiger partial charge in [0, 0.05) is 16.1 Å². The van der Waals surface area contributed by atoms with Crippen LogP contribution in [0.4, 0.5) is 10.5 Å². The van der Waals surface area contributed by atoms with E-state index >= 15 is 0 Å². The second-order valence-corrected chi connectivity index (χ2v) is 9.23. The Morgan fingerprint density at radius 3 is 2.46 bits per heavy atom. The number of barbiturate groups is 1. The highest BCUT2D eigenvalue weighted by molar-refractivity contribution is 6.39. The molecule has 4 aromatic rings. The molecule has 0 aromatic heterocycles. The smallest absolute Gasteiger partial charge is 0.335 e. The van der Waals surface area contributed by atoms with Crippen molar-refractivity contribution in [1.82, 2.24) is 5.32 Å². The van der Waals surface area contributed by atoms with Crippen molar-refractivity contribution in [2.45, 2.75) is 20.5 Å². The highest BCUT2D eigenvalue weighted by Crippen LogP contribution is 2.30. The summed E-state index contributed by atoms with van der Waals surface area (Å²) in [6, 6.07) is 23.4. The van der Waals surface area contributed by atoms with Crippen molar-refractivity contribution in [2.75, 3.05) is 4.90 Å². The van der Waals surface area contributed by atoms with Crippen LogP contribution < -0.4 is 15.0 Å². The third-order valence-corrected chi connectivity index (χ3v) is 6.61. The summed E-state index contributed by atoms with van der Waals surface area (Å²) in [7, 11) is 0. The Morgan fingerprint density at radius 1 is 0.892 bits per heavy atom. The highest BCUT2D eigenvalue weighted by Gasteiger charge is 2.37. The third-order valence-electron chi connectivity index (χ3n) is 6.38. The molecule has 1 N–H and O–H groups in total. The zero-order valence-electron chi connectivity index (χ0n) is 20.2. The summed E-state index contributed by atoms with van der Waals surface area (Å²) in [5.74, 6) is -1.00. The molecular weight excluding hydrogens is 488 g/mol. The summed E-state index contributed by atoms with van der Waals surface area (Å²) in [6.07, 6.45) is 1.45. The van der Waals surface area contributed by atoms with Crippen LogP contribution in [0.2, 0.25) is 5.02 Å². The fourth-order valence-corrected chi connectivity index (χ4v) is 4.54. The highest BCUT2D eigenvalue weighted by atomic mass is 35.5. The largest absolute Gasteiger partial charge is 0.488 e. The number of hydrogen-bond donors (Lipinski definition) is 1. The number of benzene rings is 4. The van der Waals surface area contributed by atoms with Gasteiger partial charge >= 0.3 is 6.03 Å². The lowest BCUT2D eigenvalue weighted by Gasteiger charge is -2.27. The van der Waals surface area contributed by atoms with E-state index in [1.807, 2.05) is 25.1 Å². The Labute approximate surface area is 219 Å². The first kappa shape index (κ1) is 24.3. The maximum absolute atomic E-state index is 13.4. The van der Waals surface area contributed by atoms with E-state index in [1.54, 1.807) is 37.3 Å². The van der Waals surface area contributed by atoms with E-state index in [0.29, 0.717) is 34.2 Å². The Hall–Kier alpha value is -4.42. The number of nitrogens with one attached hydrogen (secondary N) is 1. The molecule has 0 radical (unpaired) electrons. The number of urea groups is 1. The topological polar surface area (TPSA) is 75.7 Å². The summed E-state index contributed by atoms with van der Waals surface area (Å²) in [5.41, 5.74) is 3.48. The monoisotopic (exact) mass is 510 g/mol. The van der Waals surface area contributed by atoms with Gasteiger partial charge in [-0.25, -0.2) is 9.69 Å². The van der Waals surface area contributed by atoms with Crippen LogP contribution in [0.25, 0.3) is 16.8 Å². The maximum atomic E-state index is 13.4. The van der Waals surface area contributed by atoms with Gasteiger partial charge in [0.1, 0.15) is 17.9 Å².